The average Bonchev–Trinajstić information content (AvgIpc) is 2.72. The molecule has 2 N–H and O–H groups in total. The molecule has 3 rings (SSSR count). The van der Waals surface area contributed by atoms with Crippen LogP contribution in [0.1, 0.15) is 6.92 Å². The number of nitrogens with zero attached hydrogens (tertiary/aromatic N) is 1. The minimum absolute atomic E-state index is 0.0363. The maximum Gasteiger partial charge on any atom is 0.387 e. The van der Waals surface area contributed by atoms with Crippen molar-refractivity contribution in [1.29, 1.82) is 0 Å². The first-order chi connectivity index (χ1) is 14.8. The lowest BCUT2D eigenvalue weighted by molar-refractivity contribution is -0.154. The first-order valence-electron chi connectivity index (χ1n) is 9.02. The van der Waals surface area contributed by atoms with Crippen LogP contribution >= 0.6 is 0 Å². The van der Waals surface area contributed by atoms with Gasteiger partial charge in [0.05, 0.1) is 16.5 Å². The number of carbonyl (C=O) groups is 2. The number of nitrogens with one attached hydrogen (secondary N) is 2. The highest BCUT2D eigenvalue weighted by atomic mass is 19.3. The van der Waals surface area contributed by atoms with Gasteiger partial charge in [-0.3, -0.25) is 24.3 Å². The molecule has 9 nitrogen and oxygen atoms in total. The molecule has 0 saturated carbocycles. The zero-order chi connectivity index (χ0) is 22.5. The number of amides is 1. The van der Waals surface area contributed by atoms with Gasteiger partial charge < -0.3 is 14.8 Å². The Morgan fingerprint density at radius 3 is 2.42 bits per heavy atom. The Morgan fingerprint density at radius 1 is 1.06 bits per heavy atom. The molecule has 0 aliphatic heterocycles. The second kappa shape index (κ2) is 9.20. The van der Waals surface area contributed by atoms with Crippen LogP contribution < -0.4 is 21.2 Å². The molecule has 0 aliphatic rings. The van der Waals surface area contributed by atoms with Gasteiger partial charge in [-0.05, 0) is 31.2 Å². The first kappa shape index (κ1) is 21.7. The molecule has 11 heteroatoms. The fraction of sp³-hybridized carbons (Fsp3) is 0.200. The van der Waals surface area contributed by atoms with E-state index in [0.717, 1.165) is 4.68 Å². The maximum atomic E-state index is 12.5. The number of halogens is 2. The van der Waals surface area contributed by atoms with Crippen molar-refractivity contribution in [2.45, 2.75) is 26.2 Å². The largest absolute Gasteiger partial charge is 0.451 e. The highest BCUT2D eigenvalue weighted by Crippen LogP contribution is 2.25. The molecule has 0 spiro atoms. The molecular weight excluding hydrogens is 416 g/mol. The molecule has 162 valence electrons. The number of anilines is 1. The summed E-state index contributed by atoms with van der Waals surface area (Å²) in [5.41, 5.74) is -1.21. The van der Waals surface area contributed by atoms with Crippen molar-refractivity contribution in [3.05, 3.63) is 69.2 Å². The van der Waals surface area contributed by atoms with Gasteiger partial charge in [0.2, 0.25) is 0 Å². The van der Waals surface area contributed by atoms with Crippen LogP contribution in [0, 0.1) is 0 Å². The molecule has 1 aromatic heterocycles. The number of fused-ring (bicyclic) bond motifs is 1. The minimum Gasteiger partial charge on any atom is -0.451 e. The SMILES string of the molecule is CC(OC(=O)Cn1[nH]c(=O)c2ccccc2c1=O)C(=O)Nc1ccccc1OC(F)F. The van der Waals surface area contributed by atoms with Gasteiger partial charge in [0.25, 0.3) is 17.0 Å². The molecule has 0 radical (unpaired) electrons. The van der Waals surface area contributed by atoms with E-state index in [2.05, 4.69) is 15.2 Å². The summed E-state index contributed by atoms with van der Waals surface area (Å²) in [5, 5.41) is 4.91. The molecule has 2 aromatic carbocycles. The summed E-state index contributed by atoms with van der Waals surface area (Å²) >= 11 is 0. The minimum atomic E-state index is -3.09. The van der Waals surface area contributed by atoms with E-state index in [1.54, 1.807) is 12.1 Å². The van der Waals surface area contributed by atoms with Gasteiger partial charge in [-0.25, -0.2) is 4.68 Å². The van der Waals surface area contributed by atoms with E-state index in [-0.39, 0.29) is 22.2 Å². The number of aromatic amines is 1. The predicted octanol–water partition coefficient (Wildman–Crippen LogP) is 1.86. The van der Waals surface area contributed by atoms with Crippen molar-refractivity contribution in [3.63, 3.8) is 0 Å². The third-order valence-corrected chi connectivity index (χ3v) is 4.21. The Morgan fingerprint density at radius 2 is 1.71 bits per heavy atom. The van der Waals surface area contributed by atoms with Gasteiger partial charge in [0.15, 0.2) is 6.10 Å². The van der Waals surface area contributed by atoms with Gasteiger partial charge in [-0.1, -0.05) is 24.3 Å². The van der Waals surface area contributed by atoms with Crippen molar-refractivity contribution >= 4 is 28.3 Å². The third kappa shape index (κ3) is 5.13. The van der Waals surface area contributed by atoms with Crippen molar-refractivity contribution in [1.82, 2.24) is 9.78 Å². The summed E-state index contributed by atoms with van der Waals surface area (Å²) in [7, 11) is 0. The van der Waals surface area contributed by atoms with Crippen LogP contribution in [0.25, 0.3) is 10.8 Å². The molecule has 0 bridgehead atoms. The van der Waals surface area contributed by atoms with Crippen LogP contribution in [-0.2, 0) is 20.9 Å². The predicted molar refractivity (Wildman–Crippen MR) is 106 cm³/mol. The third-order valence-electron chi connectivity index (χ3n) is 4.21. The number of benzene rings is 2. The summed E-state index contributed by atoms with van der Waals surface area (Å²) in [5.74, 6) is -2.03. The Kier molecular flexibility index (Phi) is 6.43. The number of aromatic nitrogens is 2. The van der Waals surface area contributed by atoms with Gasteiger partial charge in [-0.15, -0.1) is 0 Å². The molecule has 0 aliphatic carbocycles. The monoisotopic (exact) mass is 433 g/mol. The van der Waals surface area contributed by atoms with Crippen LogP contribution in [0.15, 0.2) is 58.1 Å². The molecule has 1 atom stereocenters. The highest BCUT2D eigenvalue weighted by molar-refractivity contribution is 5.96. The van der Waals surface area contributed by atoms with Crippen LogP contribution in [0.2, 0.25) is 0 Å². The smallest absolute Gasteiger partial charge is 0.387 e. The van der Waals surface area contributed by atoms with E-state index < -0.39 is 42.3 Å². The lowest BCUT2D eigenvalue weighted by atomic mass is 10.2. The first-order valence-corrected chi connectivity index (χ1v) is 9.02. The quantitative estimate of drug-likeness (QED) is 0.549. The normalized spacial score (nSPS) is 11.9. The standard InChI is InChI=1S/C20H17F2N3O6/c1-11(17(27)23-14-8-4-5-9-15(14)31-20(21)22)30-16(26)10-25-19(29)13-7-3-2-6-12(13)18(28)24-25/h2-9,11,20H,10H2,1H3,(H,23,27)(H,24,28). The van der Waals surface area contributed by atoms with Crippen molar-refractivity contribution < 1.29 is 27.8 Å². The number of hydrogen-bond donors (Lipinski definition) is 2. The number of rotatable bonds is 7. The van der Waals surface area contributed by atoms with Gasteiger partial charge >= 0.3 is 12.6 Å². The zero-order valence-electron chi connectivity index (χ0n) is 16.1. The lowest BCUT2D eigenvalue weighted by Gasteiger charge is -2.16. The maximum absolute atomic E-state index is 12.5. The van der Waals surface area contributed by atoms with E-state index in [0.29, 0.717) is 0 Å². The number of hydrogen-bond acceptors (Lipinski definition) is 6. The molecule has 0 fully saturated rings. The topological polar surface area (TPSA) is 119 Å². The fourth-order valence-corrected chi connectivity index (χ4v) is 2.78. The second-order valence-electron chi connectivity index (χ2n) is 6.37. The highest BCUT2D eigenvalue weighted by Gasteiger charge is 2.21. The van der Waals surface area contributed by atoms with Crippen LogP contribution in [-0.4, -0.2) is 34.4 Å². The van der Waals surface area contributed by atoms with E-state index in [4.69, 9.17) is 4.74 Å². The molecule has 1 amide bonds. The molecule has 31 heavy (non-hydrogen) atoms. The van der Waals surface area contributed by atoms with E-state index in [9.17, 15) is 28.0 Å². The van der Waals surface area contributed by atoms with E-state index in [1.165, 1.54) is 43.3 Å². The molecule has 3 aromatic rings. The van der Waals surface area contributed by atoms with E-state index in [1.807, 2.05) is 0 Å². The second-order valence-corrected chi connectivity index (χ2v) is 6.37. The van der Waals surface area contributed by atoms with Crippen molar-refractivity contribution in [3.8, 4) is 5.75 Å². The summed E-state index contributed by atoms with van der Waals surface area (Å²) in [6.45, 7) is -2.46. The summed E-state index contributed by atoms with van der Waals surface area (Å²) in [4.78, 5) is 49.0. The Labute approximate surface area is 173 Å². The zero-order valence-corrected chi connectivity index (χ0v) is 16.1. The van der Waals surface area contributed by atoms with Gasteiger partial charge in [-0.2, -0.15) is 8.78 Å². The number of carbonyl (C=O) groups excluding carboxylic acids is 2. The Balaban J connectivity index is 1.68. The van der Waals surface area contributed by atoms with E-state index >= 15 is 0 Å². The fourth-order valence-electron chi connectivity index (χ4n) is 2.78. The van der Waals surface area contributed by atoms with Gasteiger partial charge in [0, 0.05) is 0 Å². The van der Waals surface area contributed by atoms with Crippen molar-refractivity contribution in [2.24, 2.45) is 0 Å². The Hall–Kier alpha value is -4.02. The summed E-state index contributed by atoms with van der Waals surface area (Å²) in [6.07, 6.45) is -1.32. The summed E-state index contributed by atoms with van der Waals surface area (Å²) < 4.78 is 35.0. The average molecular weight is 433 g/mol. The summed E-state index contributed by atoms with van der Waals surface area (Å²) in [6, 6.07) is 11.6. The van der Waals surface area contributed by atoms with Crippen LogP contribution in [0.5, 0.6) is 5.75 Å². The van der Waals surface area contributed by atoms with Crippen molar-refractivity contribution in [2.75, 3.05) is 5.32 Å². The molecule has 1 unspecified atom stereocenters. The van der Waals surface area contributed by atoms with Crippen LogP contribution in [0.3, 0.4) is 0 Å². The molecular formula is C20H17F2N3O6. The number of alkyl halides is 2. The van der Waals surface area contributed by atoms with Gasteiger partial charge in [0.1, 0.15) is 12.3 Å². The van der Waals surface area contributed by atoms with Crippen LogP contribution in [0.4, 0.5) is 14.5 Å². The number of para-hydroxylation sites is 2. The lowest BCUT2D eigenvalue weighted by Crippen LogP contribution is -2.36. The number of ether oxygens (including phenoxy) is 2. The molecule has 0 saturated heterocycles. The molecule has 1 heterocycles. The Bertz CT molecular complexity index is 1240. The number of H-pyrrole nitrogens is 1. The number of esters is 1.